The van der Waals surface area contributed by atoms with Crippen molar-refractivity contribution in [1.82, 2.24) is 0 Å². The van der Waals surface area contributed by atoms with Gasteiger partial charge in [0.1, 0.15) is 23.9 Å². The number of hydrogen-bond acceptors (Lipinski definition) is 6. The SMILES string of the molecule is COC1O[C@@]2(CC[C@@H]2OC(=O)c2ccccc2)C2OC(C)(C)OC12. The van der Waals surface area contributed by atoms with E-state index in [4.69, 9.17) is 23.7 Å². The maximum Gasteiger partial charge on any atom is 0.338 e. The Labute approximate surface area is 141 Å². The minimum Gasteiger partial charge on any atom is -0.456 e. The van der Waals surface area contributed by atoms with Crippen LogP contribution in [-0.2, 0) is 23.7 Å². The Morgan fingerprint density at radius 2 is 1.92 bits per heavy atom. The first kappa shape index (κ1) is 16.0. The average molecular weight is 334 g/mol. The topological polar surface area (TPSA) is 63.2 Å². The van der Waals surface area contributed by atoms with Crippen LogP contribution in [0.25, 0.3) is 0 Å². The minimum absolute atomic E-state index is 0.306. The van der Waals surface area contributed by atoms with Crippen molar-refractivity contribution in [3.63, 3.8) is 0 Å². The summed E-state index contributed by atoms with van der Waals surface area (Å²) in [7, 11) is 1.58. The monoisotopic (exact) mass is 334 g/mol. The third-order valence-corrected chi connectivity index (χ3v) is 5.05. The Morgan fingerprint density at radius 1 is 1.17 bits per heavy atom. The van der Waals surface area contributed by atoms with E-state index in [9.17, 15) is 4.79 Å². The van der Waals surface area contributed by atoms with Crippen LogP contribution < -0.4 is 0 Å². The first-order valence-corrected chi connectivity index (χ1v) is 8.27. The molecular weight excluding hydrogens is 312 g/mol. The van der Waals surface area contributed by atoms with Gasteiger partial charge in [-0.2, -0.15) is 0 Å². The van der Waals surface area contributed by atoms with Crippen molar-refractivity contribution in [3.8, 4) is 0 Å². The van der Waals surface area contributed by atoms with Crippen molar-refractivity contribution in [1.29, 1.82) is 0 Å². The number of methoxy groups -OCH3 is 1. The van der Waals surface area contributed by atoms with Crippen LogP contribution in [0.4, 0.5) is 0 Å². The highest BCUT2D eigenvalue weighted by Crippen LogP contribution is 2.54. The second-order valence-corrected chi connectivity index (χ2v) is 7.00. The third kappa shape index (κ3) is 2.37. The Hall–Kier alpha value is -1.47. The van der Waals surface area contributed by atoms with Crippen LogP contribution >= 0.6 is 0 Å². The summed E-state index contributed by atoms with van der Waals surface area (Å²) >= 11 is 0. The van der Waals surface area contributed by atoms with Crippen molar-refractivity contribution in [2.45, 2.75) is 62.7 Å². The van der Waals surface area contributed by atoms with Crippen LogP contribution in [-0.4, -0.2) is 49.1 Å². The largest absolute Gasteiger partial charge is 0.456 e. The van der Waals surface area contributed by atoms with E-state index in [0.717, 1.165) is 12.8 Å². The zero-order valence-electron chi connectivity index (χ0n) is 14.1. The lowest BCUT2D eigenvalue weighted by atomic mass is 9.72. The molecule has 5 atom stereocenters. The molecule has 1 aromatic rings. The van der Waals surface area contributed by atoms with Gasteiger partial charge in [0.25, 0.3) is 0 Å². The fraction of sp³-hybridized carbons (Fsp3) is 0.611. The maximum absolute atomic E-state index is 12.4. The van der Waals surface area contributed by atoms with Crippen molar-refractivity contribution >= 4 is 5.97 Å². The predicted molar refractivity (Wildman–Crippen MR) is 83.3 cm³/mol. The molecule has 2 aliphatic heterocycles. The number of benzene rings is 1. The summed E-state index contributed by atoms with van der Waals surface area (Å²) in [4.78, 5) is 12.4. The molecule has 0 radical (unpaired) electrons. The van der Waals surface area contributed by atoms with Gasteiger partial charge in [-0.25, -0.2) is 4.79 Å². The second kappa shape index (κ2) is 5.52. The van der Waals surface area contributed by atoms with Gasteiger partial charge in [-0.05, 0) is 38.8 Å². The van der Waals surface area contributed by atoms with Crippen molar-refractivity contribution in [3.05, 3.63) is 35.9 Å². The molecule has 130 valence electrons. The van der Waals surface area contributed by atoms with Gasteiger partial charge in [-0.1, -0.05) is 18.2 Å². The average Bonchev–Trinajstić information content (AvgIpc) is 3.04. The zero-order chi connectivity index (χ0) is 16.9. The molecule has 6 nitrogen and oxygen atoms in total. The van der Waals surface area contributed by atoms with Crippen LogP contribution in [0.3, 0.4) is 0 Å². The fourth-order valence-corrected chi connectivity index (χ4v) is 3.84. The quantitative estimate of drug-likeness (QED) is 0.790. The minimum atomic E-state index is -0.702. The lowest BCUT2D eigenvalue weighted by Gasteiger charge is -2.47. The fourth-order valence-electron chi connectivity index (χ4n) is 3.84. The van der Waals surface area contributed by atoms with Crippen LogP contribution in [0.2, 0.25) is 0 Å². The summed E-state index contributed by atoms with van der Waals surface area (Å²) in [5, 5.41) is 0. The maximum atomic E-state index is 12.4. The van der Waals surface area contributed by atoms with Crippen LogP contribution in [0, 0.1) is 0 Å². The van der Waals surface area contributed by atoms with E-state index in [1.54, 1.807) is 19.2 Å². The smallest absolute Gasteiger partial charge is 0.338 e. The second-order valence-electron chi connectivity index (χ2n) is 7.00. The van der Waals surface area contributed by atoms with Gasteiger partial charge >= 0.3 is 5.97 Å². The molecule has 3 aliphatic rings. The van der Waals surface area contributed by atoms with E-state index in [-0.39, 0.29) is 24.3 Å². The number of carbonyl (C=O) groups is 1. The number of fused-ring (bicyclic) bond motifs is 2. The predicted octanol–water partition coefficient (Wildman–Crippen LogP) is 2.27. The first-order valence-electron chi connectivity index (χ1n) is 8.27. The zero-order valence-corrected chi connectivity index (χ0v) is 14.1. The first-order chi connectivity index (χ1) is 11.5. The van der Waals surface area contributed by atoms with E-state index in [1.807, 2.05) is 32.0 Å². The van der Waals surface area contributed by atoms with Gasteiger partial charge < -0.3 is 23.7 Å². The molecule has 1 saturated carbocycles. The van der Waals surface area contributed by atoms with E-state index in [1.165, 1.54) is 0 Å². The Balaban J connectivity index is 1.54. The molecule has 0 amide bonds. The van der Waals surface area contributed by atoms with Gasteiger partial charge in [0.05, 0.1) is 5.56 Å². The number of rotatable bonds is 3. The van der Waals surface area contributed by atoms with Crippen molar-refractivity contribution in [2.75, 3.05) is 7.11 Å². The summed E-state index contributed by atoms with van der Waals surface area (Å²) < 4.78 is 29.2. The Morgan fingerprint density at radius 3 is 2.54 bits per heavy atom. The van der Waals surface area contributed by atoms with E-state index in [0.29, 0.717) is 5.56 Å². The van der Waals surface area contributed by atoms with Crippen molar-refractivity contribution < 1.29 is 28.5 Å². The van der Waals surface area contributed by atoms with Crippen LogP contribution in [0.15, 0.2) is 30.3 Å². The van der Waals surface area contributed by atoms with Crippen molar-refractivity contribution in [2.24, 2.45) is 0 Å². The molecule has 2 heterocycles. The Bertz CT molecular complexity index is 630. The molecule has 1 spiro atoms. The molecule has 1 aromatic carbocycles. The molecule has 0 N–H and O–H groups in total. The van der Waals surface area contributed by atoms with Gasteiger partial charge in [-0.15, -0.1) is 0 Å². The van der Waals surface area contributed by atoms with E-state index in [2.05, 4.69) is 0 Å². The summed E-state index contributed by atoms with van der Waals surface area (Å²) in [6.07, 6.45) is -0.0178. The summed E-state index contributed by atoms with van der Waals surface area (Å²) in [6, 6.07) is 8.96. The van der Waals surface area contributed by atoms with E-state index < -0.39 is 17.7 Å². The molecule has 6 heteroatoms. The van der Waals surface area contributed by atoms with Gasteiger partial charge in [-0.3, -0.25) is 0 Å². The Kier molecular flexibility index (Phi) is 3.69. The van der Waals surface area contributed by atoms with Gasteiger partial charge in [0.2, 0.25) is 0 Å². The lowest BCUT2D eigenvalue weighted by molar-refractivity contribution is -0.288. The standard InChI is InChI=1S/C18H22O6/c1-17(2)22-13-14(23-17)18(24-16(13)20-3)10-9-12(18)21-15(19)11-7-5-4-6-8-11/h4-8,12-14,16H,9-10H2,1-3H3/t12-,13?,14?,16?,18+/m0/s1. The highest BCUT2D eigenvalue weighted by molar-refractivity contribution is 5.89. The van der Waals surface area contributed by atoms with E-state index >= 15 is 0 Å². The normalized spacial score (nSPS) is 39.5. The number of ether oxygens (including phenoxy) is 5. The van der Waals surface area contributed by atoms with Gasteiger partial charge in [0, 0.05) is 7.11 Å². The highest BCUT2D eigenvalue weighted by Gasteiger charge is 2.70. The molecule has 3 fully saturated rings. The van der Waals surface area contributed by atoms with Gasteiger partial charge in [0.15, 0.2) is 12.1 Å². The molecule has 2 saturated heterocycles. The lowest BCUT2D eigenvalue weighted by Crippen LogP contribution is -2.61. The molecule has 1 aliphatic carbocycles. The molecule has 0 bridgehead atoms. The van der Waals surface area contributed by atoms with Crippen LogP contribution in [0.5, 0.6) is 0 Å². The molecule has 0 aromatic heterocycles. The molecular formula is C18H22O6. The van der Waals surface area contributed by atoms with Crippen LogP contribution in [0.1, 0.15) is 37.0 Å². The highest BCUT2D eigenvalue weighted by atomic mass is 16.8. The summed E-state index contributed by atoms with van der Waals surface area (Å²) in [5.41, 5.74) is -0.162. The molecule has 24 heavy (non-hydrogen) atoms. The summed E-state index contributed by atoms with van der Waals surface area (Å²) in [5.74, 6) is -1.05. The molecule has 4 rings (SSSR count). The molecule has 3 unspecified atom stereocenters. The number of hydrogen-bond donors (Lipinski definition) is 0. The summed E-state index contributed by atoms with van der Waals surface area (Å²) in [6.45, 7) is 3.74. The third-order valence-electron chi connectivity index (χ3n) is 5.05. The number of esters is 1. The number of carbonyl (C=O) groups excluding carboxylic acids is 1.